The van der Waals surface area contributed by atoms with Crippen LogP contribution in [0.5, 0.6) is 0 Å². The predicted octanol–water partition coefficient (Wildman–Crippen LogP) is 0.538. The lowest BCUT2D eigenvalue weighted by Crippen LogP contribution is -1.69. The van der Waals surface area contributed by atoms with Crippen molar-refractivity contribution in [2.24, 2.45) is 21.5 Å². The van der Waals surface area contributed by atoms with E-state index in [1.807, 2.05) is 0 Å². The largest absolute Gasteiger partial charge is 0.284 e. The van der Waals surface area contributed by atoms with Crippen molar-refractivity contribution in [2.45, 2.75) is 0 Å². The second kappa shape index (κ2) is 3.71. The average Bonchev–Trinajstić information content (AvgIpc) is 1.61. The van der Waals surface area contributed by atoms with Gasteiger partial charge in [-0.15, -0.1) is 5.53 Å². The van der Waals surface area contributed by atoms with Gasteiger partial charge in [-0.05, 0) is 0 Å². The van der Waals surface area contributed by atoms with E-state index in [-0.39, 0.29) is 0 Å². The molecule has 6 nitrogen and oxygen atoms in total. The van der Waals surface area contributed by atoms with Crippen LogP contribution in [0.15, 0.2) is 15.7 Å². The molecule has 0 aliphatic carbocycles. The van der Waals surface area contributed by atoms with Gasteiger partial charge in [0, 0.05) is 5.22 Å². The van der Waals surface area contributed by atoms with E-state index in [1.54, 1.807) is 0 Å². The van der Waals surface area contributed by atoms with Crippen LogP contribution in [0.4, 0.5) is 0 Å². The van der Waals surface area contributed by atoms with Crippen LogP contribution in [0, 0.1) is 0 Å². The maximum absolute atomic E-state index is 7.45. The Morgan fingerprint density at radius 2 is 2.33 bits per heavy atom. The molecule has 32 valence electrons. The van der Waals surface area contributed by atoms with Crippen LogP contribution in [0.1, 0.15) is 0 Å². The zero-order chi connectivity index (χ0) is 4.83. The highest BCUT2D eigenvalue weighted by Crippen LogP contribution is 1.66. The molecule has 0 saturated carbocycles. The van der Waals surface area contributed by atoms with E-state index < -0.39 is 0 Å². The molecule has 0 aliphatic heterocycles. The Balaban J connectivity index is 3.33. The van der Waals surface area contributed by atoms with Gasteiger partial charge in [0.25, 0.3) is 0 Å². The minimum absolute atomic E-state index is 2.21. The molecule has 0 bridgehead atoms. The summed E-state index contributed by atoms with van der Waals surface area (Å²) in [5.41, 5.74) is 7.45. The lowest BCUT2D eigenvalue weighted by atomic mass is 12.5. The van der Waals surface area contributed by atoms with Crippen LogP contribution in [0.25, 0.3) is 10.4 Å². The molecule has 0 aromatic heterocycles. The van der Waals surface area contributed by atoms with Gasteiger partial charge in [-0.2, -0.15) is 4.91 Å². The normalized spacial score (nSPS) is 8.00. The minimum atomic E-state index is 2.21. The van der Waals surface area contributed by atoms with Crippen molar-refractivity contribution in [3.63, 3.8) is 0 Å². The van der Waals surface area contributed by atoms with Gasteiger partial charge >= 0.3 is 0 Å². The Kier molecular flexibility index (Phi) is 2.91. The Morgan fingerprint density at radius 1 is 1.67 bits per heavy atom. The third kappa shape index (κ3) is 2.71. The summed E-state index contributed by atoms with van der Waals surface area (Å²) in [7, 11) is 0. The Morgan fingerprint density at radius 3 is 2.50 bits per heavy atom. The zero-order valence-electron chi connectivity index (χ0n) is 2.81. The molecular formula is H2N6. The highest BCUT2D eigenvalue weighted by atomic mass is 15.5. The molecule has 0 atom stereocenters. The van der Waals surface area contributed by atoms with Crippen LogP contribution in [-0.4, -0.2) is 0 Å². The lowest BCUT2D eigenvalue weighted by molar-refractivity contribution is 0.945. The van der Waals surface area contributed by atoms with Crippen LogP contribution in [0.3, 0.4) is 0 Å². The molecule has 0 aliphatic rings. The fourth-order valence-corrected chi connectivity index (χ4v) is 0.0410. The molecule has 0 radical (unpaired) electrons. The SMILES string of the molecule is [N-]=[N+]=NN=NN. The van der Waals surface area contributed by atoms with Crippen molar-refractivity contribution in [3.05, 3.63) is 10.4 Å². The Labute approximate surface area is 33.2 Å². The monoisotopic (exact) mass is 86.0 g/mol. The first-order valence-corrected chi connectivity index (χ1v) is 1.06. The van der Waals surface area contributed by atoms with Gasteiger partial charge in [0.2, 0.25) is 0 Å². The molecule has 0 unspecified atom stereocenters. The molecule has 0 heterocycles. The number of hydrogen-bond acceptors (Lipinski definition) is 1. The molecule has 0 saturated heterocycles. The van der Waals surface area contributed by atoms with Crippen molar-refractivity contribution in [1.82, 2.24) is 0 Å². The summed E-state index contributed by atoms with van der Waals surface area (Å²) in [5.74, 6) is 4.41. The van der Waals surface area contributed by atoms with Crippen LogP contribution >= 0.6 is 0 Å². The number of rotatable bonds is 1. The first-order chi connectivity index (χ1) is 2.91. The quantitative estimate of drug-likeness (QED) is 0.162. The molecule has 0 rings (SSSR count). The molecular weight excluding hydrogens is 84.0 g/mol. The summed E-state index contributed by atoms with van der Waals surface area (Å²) < 4.78 is 0. The van der Waals surface area contributed by atoms with Crippen LogP contribution in [-0.2, 0) is 0 Å². The van der Waals surface area contributed by atoms with E-state index in [0.29, 0.717) is 0 Å². The molecule has 0 aromatic carbocycles. The maximum atomic E-state index is 7.45. The maximum Gasteiger partial charge on any atom is 0.120 e. The number of nitrogens with two attached hydrogens (primary N) is 1. The van der Waals surface area contributed by atoms with Crippen LogP contribution in [0.2, 0.25) is 0 Å². The van der Waals surface area contributed by atoms with E-state index in [4.69, 9.17) is 5.53 Å². The number of nitrogens with zero attached hydrogens (tertiary/aromatic N) is 5. The molecule has 6 heavy (non-hydrogen) atoms. The topological polar surface area (TPSA) is 99.5 Å². The molecule has 0 fully saturated rings. The first kappa shape index (κ1) is 4.71. The number of hydrogen-bond donors (Lipinski definition) is 1. The fourth-order valence-electron chi connectivity index (χ4n) is 0.0410. The van der Waals surface area contributed by atoms with Gasteiger partial charge in [0.1, 0.15) is 5.22 Å². The van der Waals surface area contributed by atoms with Gasteiger partial charge in [-0.3, -0.25) is 5.84 Å². The molecule has 0 amide bonds. The lowest BCUT2D eigenvalue weighted by Gasteiger charge is -1.51. The fraction of sp³-hybridized carbons (Fsp3) is 0. The summed E-state index contributed by atoms with van der Waals surface area (Å²) in [4.78, 5) is 2.21. The van der Waals surface area contributed by atoms with Gasteiger partial charge in [0.15, 0.2) is 0 Å². The van der Waals surface area contributed by atoms with E-state index in [9.17, 15) is 0 Å². The molecule has 6 heteroatoms. The second-order valence-corrected chi connectivity index (χ2v) is 0.384. The van der Waals surface area contributed by atoms with Gasteiger partial charge in [-0.25, -0.2) is 0 Å². The summed E-state index contributed by atoms with van der Waals surface area (Å²) in [5, 5.41) is 7.94. The summed E-state index contributed by atoms with van der Waals surface area (Å²) in [6, 6.07) is 0. The van der Waals surface area contributed by atoms with Crippen LogP contribution < -0.4 is 5.84 Å². The number of azide groups is 1. The van der Waals surface area contributed by atoms with Crippen molar-refractivity contribution in [1.29, 1.82) is 0 Å². The summed E-state index contributed by atoms with van der Waals surface area (Å²) in [6.07, 6.45) is 0. The highest BCUT2D eigenvalue weighted by molar-refractivity contribution is 4.30. The van der Waals surface area contributed by atoms with Crippen molar-refractivity contribution in [2.75, 3.05) is 0 Å². The van der Waals surface area contributed by atoms with Crippen molar-refractivity contribution in [3.8, 4) is 0 Å². The third-order valence-corrected chi connectivity index (χ3v) is 0.132. The average molecular weight is 86.1 g/mol. The van der Waals surface area contributed by atoms with E-state index in [1.165, 1.54) is 0 Å². The predicted molar refractivity (Wildman–Crippen MR) is 18.2 cm³/mol. The highest BCUT2D eigenvalue weighted by Gasteiger charge is 1.54. The van der Waals surface area contributed by atoms with E-state index >= 15 is 0 Å². The van der Waals surface area contributed by atoms with Gasteiger partial charge in [-0.1, -0.05) is 0 Å². The third-order valence-electron chi connectivity index (χ3n) is 0.132. The first-order valence-electron chi connectivity index (χ1n) is 1.06. The van der Waals surface area contributed by atoms with E-state index in [0.717, 1.165) is 0 Å². The minimum Gasteiger partial charge on any atom is -0.284 e. The molecule has 0 spiro atoms. The van der Waals surface area contributed by atoms with E-state index in [2.05, 4.69) is 26.4 Å². The summed E-state index contributed by atoms with van der Waals surface area (Å²) >= 11 is 0. The summed E-state index contributed by atoms with van der Waals surface area (Å²) in [6.45, 7) is 0. The van der Waals surface area contributed by atoms with Crippen molar-refractivity contribution < 1.29 is 0 Å². The Hall–Kier alpha value is -1.29. The van der Waals surface area contributed by atoms with Gasteiger partial charge < -0.3 is 0 Å². The smallest absolute Gasteiger partial charge is 0.120 e. The second-order valence-electron chi connectivity index (χ2n) is 0.384. The zero-order valence-corrected chi connectivity index (χ0v) is 2.81. The standard InChI is InChI=1S/H2N6/c1-3-5-6-4-2/h(H2,1,5). The van der Waals surface area contributed by atoms with Gasteiger partial charge in [0.05, 0.1) is 5.22 Å². The molecule has 0 aromatic rings. The Bertz CT molecular complexity index is 82.2. The molecule has 2 N–H and O–H groups in total. The van der Waals surface area contributed by atoms with Crippen molar-refractivity contribution >= 4 is 0 Å².